The number of rotatable bonds is 7. The molecule has 0 unspecified atom stereocenters. The first-order chi connectivity index (χ1) is 10.6. The van der Waals surface area contributed by atoms with E-state index in [0.29, 0.717) is 13.0 Å². The molecular formula is C17H25N3O2. The fourth-order valence-electron chi connectivity index (χ4n) is 2.68. The van der Waals surface area contributed by atoms with Gasteiger partial charge in [0.2, 0.25) is 11.8 Å². The summed E-state index contributed by atoms with van der Waals surface area (Å²) < 4.78 is 0. The van der Waals surface area contributed by atoms with Gasteiger partial charge < -0.3 is 15.1 Å². The van der Waals surface area contributed by atoms with E-state index in [1.807, 2.05) is 44.4 Å². The number of hydrogen-bond acceptors (Lipinski definition) is 3. The highest BCUT2D eigenvalue weighted by Gasteiger charge is 2.31. The Morgan fingerprint density at radius 1 is 1.18 bits per heavy atom. The SMILES string of the molecule is CN(C)CCCC[C@@H]1NC(=O)CN(Cc2ccccc2)C1=O. The first-order valence-corrected chi connectivity index (χ1v) is 7.83. The maximum atomic E-state index is 12.5. The van der Waals surface area contributed by atoms with Crippen molar-refractivity contribution in [3.8, 4) is 0 Å². The van der Waals surface area contributed by atoms with Gasteiger partial charge >= 0.3 is 0 Å². The summed E-state index contributed by atoms with van der Waals surface area (Å²) in [7, 11) is 4.07. The van der Waals surface area contributed by atoms with Crippen LogP contribution >= 0.6 is 0 Å². The quantitative estimate of drug-likeness (QED) is 0.771. The van der Waals surface area contributed by atoms with Gasteiger partial charge in [0.05, 0.1) is 6.54 Å². The molecule has 1 atom stereocenters. The number of benzene rings is 1. The summed E-state index contributed by atoms with van der Waals surface area (Å²) in [6.07, 6.45) is 2.68. The summed E-state index contributed by atoms with van der Waals surface area (Å²) in [5.74, 6) is -0.0264. The zero-order valence-electron chi connectivity index (χ0n) is 13.4. The molecule has 0 aliphatic carbocycles. The van der Waals surface area contributed by atoms with E-state index in [1.54, 1.807) is 4.90 Å². The number of amides is 2. The minimum absolute atomic E-state index is 0.0355. The van der Waals surface area contributed by atoms with E-state index in [2.05, 4.69) is 10.2 Å². The molecule has 1 saturated heterocycles. The molecule has 1 aromatic rings. The van der Waals surface area contributed by atoms with Crippen LogP contribution in [0.3, 0.4) is 0 Å². The molecule has 1 fully saturated rings. The number of carbonyl (C=O) groups is 2. The Kier molecular flexibility index (Phi) is 5.95. The molecule has 22 heavy (non-hydrogen) atoms. The number of nitrogens with zero attached hydrogens (tertiary/aromatic N) is 2. The highest BCUT2D eigenvalue weighted by Crippen LogP contribution is 2.13. The molecule has 1 N–H and O–H groups in total. The Bertz CT molecular complexity index is 502. The number of nitrogens with one attached hydrogen (secondary N) is 1. The molecule has 0 bridgehead atoms. The van der Waals surface area contributed by atoms with Crippen molar-refractivity contribution in [3.05, 3.63) is 35.9 Å². The predicted octanol–water partition coefficient (Wildman–Crippen LogP) is 1.25. The smallest absolute Gasteiger partial charge is 0.245 e. The zero-order valence-corrected chi connectivity index (χ0v) is 13.4. The van der Waals surface area contributed by atoms with Crippen molar-refractivity contribution in [2.24, 2.45) is 0 Å². The van der Waals surface area contributed by atoms with Crippen LogP contribution in [0.5, 0.6) is 0 Å². The van der Waals surface area contributed by atoms with E-state index in [4.69, 9.17) is 0 Å². The van der Waals surface area contributed by atoms with Crippen molar-refractivity contribution in [1.29, 1.82) is 0 Å². The summed E-state index contributed by atoms with van der Waals surface area (Å²) in [5.41, 5.74) is 1.05. The molecule has 1 aliphatic rings. The fourth-order valence-corrected chi connectivity index (χ4v) is 2.68. The Labute approximate surface area is 132 Å². The summed E-state index contributed by atoms with van der Waals surface area (Å²) in [5, 5.41) is 2.83. The van der Waals surface area contributed by atoms with Crippen LogP contribution in [0.4, 0.5) is 0 Å². The van der Waals surface area contributed by atoms with Crippen LogP contribution in [-0.2, 0) is 16.1 Å². The molecule has 1 aliphatic heterocycles. The Balaban J connectivity index is 1.89. The Morgan fingerprint density at radius 2 is 1.91 bits per heavy atom. The topological polar surface area (TPSA) is 52.7 Å². The van der Waals surface area contributed by atoms with Gasteiger partial charge in [0.25, 0.3) is 0 Å². The maximum Gasteiger partial charge on any atom is 0.245 e. The van der Waals surface area contributed by atoms with Crippen molar-refractivity contribution < 1.29 is 9.59 Å². The van der Waals surface area contributed by atoms with Crippen molar-refractivity contribution in [2.75, 3.05) is 27.2 Å². The van der Waals surface area contributed by atoms with Gasteiger partial charge in [-0.15, -0.1) is 0 Å². The molecule has 0 saturated carbocycles. The summed E-state index contributed by atoms with van der Waals surface area (Å²) in [6.45, 7) is 1.66. The third kappa shape index (κ3) is 4.84. The minimum atomic E-state index is -0.368. The second-order valence-electron chi connectivity index (χ2n) is 6.10. The van der Waals surface area contributed by atoms with Crippen molar-refractivity contribution >= 4 is 11.8 Å². The van der Waals surface area contributed by atoms with E-state index in [9.17, 15) is 9.59 Å². The van der Waals surface area contributed by atoms with Gasteiger partial charge in [-0.1, -0.05) is 30.3 Å². The van der Waals surface area contributed by atoms with Gasteiger partial charge in [-0.3, -0.25) is 9.59 Å². The van der Waals surface area contributed by atoms with Crippen LogP contribution in [-0.4, -0.2) is 54.8 Å². The van der Waals surface area contributed by atoms with Gasteiger partial charge in [0.15, 0.2) is 0 Å². The standard InChI is InChI=1S/C17H25N3O2/c1-19(2)11-7-6-10-15-17(22)20(13-16(21)18-15)12-14-8-4-3-5-9-14/h3-5,8-9,15H,6-7,10-13H2,1-2H3,(H,18,21)/t15-/m0/s1. The number of carbonyl (C=O) groups excluding carboxylic acids is 2. The minimum Gasteiger partial charge on any atom is -0.343 e. The average molecular weight is 303 g/mol. The van der Waals surface area contributed by atoms with Gasteiger partial charge in [-0.25, -0.2) is 0 Å². The molecule has 0 aromatic heterocycles. The second-order valence-corrected chi connectivity index (χ2v) is 6.10. The first-order valence-electron chi connectivity index (χ1n) is 7.83. The van der Waals surface area contributed by atoms with Crippen LogP contribution in [0.25, 0.3) is 0 Å². The van der Waals surface area contributed by atoms with E-state index < -0.39 is 0 Å². The number of unbranched alkanes of at least 4 members (excludes halogenated alkanes) is 1. The molecule has 5 heteroatoms. The number of hydrogen-bond donors (Lipinski definition) is 1. The van der Waals surface area contributed by atoms with E-state index in [0.717, 1.165) is 24.9 Å². The largest absolute Gasteiger partial charge is 0.343 e. The third-order valence-corrected chi connectivity index (χ3v) is 3.84. The van der Waals surface area contributed by atoms with E-state index in [-0.39, 0.29) is 24.4 Å². The van der Waals surface area contributed by atoms with Crippen LogP contribution in [0.2, 0.25) is 0 Å². The van der Waals surface area contributed by atoms with Crippen LogP contribution in [0.1, 0.15) is 24.8 Å². The highest BCUT2D eigenvalue weighted by molar-refractivity contribution is 5.94. The first kappa shape index (κ1) is 16.5. The Hall–Kier alpha value is -1.88. The molecule has 2 amide bonds. The zero-order chi connectivity index (χ0) is 15.9. The lowest BCUT2D eigenvalue weighted by atomic mass is 10.0. The van der Waals surface area contributed by atoms with Crippen molar-refractivity contribution in [2.45, 2.75) is 31.8 Å². The third-order valence-electron chi connectivity index (χ3n) is 3.84. The van der Waals surface area contributed by atoms with Crippen molar-refractivity contribution in [3.63, 3.8) is 0 Å². The van der Waals surface area contributed by atoms with Crippen LogP contribution < -0.4 is 5.32 Å². The fraction of sp³-hybridized carbons (Fsp3) is 0.529. The van der Waals surface area contributed by atoms with Gasteiger partial charge in [0, 0.05) is 6.54 Å². The van der Waals surface area contributed by atoms with Crippen LogP contribution in [0, 0.1) is 0 Å². The molecule has 2 rings (SSSR count). The molecule has 0 radical (unpaired) electrons. The Morgan fingerprint density at radius 3 is 2.59 bits per heavy atom. The van der Waals surface area contributed by atoms with Crippen molar-refractivity contribution in [1.82, 2.24) is 15.1 Å². The molecule has 1 heterocycles. The van der Waals surface area contributed by atoms with Crippen LogP contribution in [0.15, 0.2) is 30.3 Å². The lowest BCUT2D eigenvalue weighted by Gasteiger charge is -2.32. The molecule has 120 valence electrons. The van der Waals surface area contributed by atoms with Gasteiger partial charge in [-0.05, 0) is 45.5 Å². The summed E-state index contributed by atoms with van der Waals surface area (Å²) >= 11 is 0. The maximum absolute atomic E-state index is 12.5. The lowest BCUT2D eigenvalue weighted by Crippen LogP contribution is -2.57. The van der Waals surface area contributed by atoms with E-state index >= 15 is 0 Å². The summed E-state index contributed by atoms with van der Waals surface area (Å²) in [4.78, 5) is 28.1. The normalized spacial score (nSPS) is 18.7. The second kappa shape index (κ2) is 7.94. The highest BCUT2D eigenvalue weighted by atomic mass is 16.2. The lowest BCUT2D eigenvalue weighted by molar-refractivity contribution is -0.145. The summed E-state index contributed by atoms with van der Waals surface area (Å²) in [6, 6.07) is 9.43. The van der Waals surface area contributed by atoms with Gasteiger partial charge in [-0.2, -0.15) is 0 Å². The average Bonchev–Trinajstić information content (AvgIpc) is 2.49. The van der Waals surface area contributed by atoms with Gasteiger partial charge in [0.1, 0.15) is 6.04 Å². The number of piperazine rings is 1. The monoisotopic (exact) mass is 303 g/mol. The van der Waals surface area contributed by atoms with E-state index in [1.165, 1.54) is 0 Å². The molecule has 5 nitrogen and oxygen atoms in total. The molecular weight excluding hydrogens is 278 g/mol. The molecule has 0 spiro atoms. The predicted molar refractivity (Wildman–Crippen MR) is 86.2 cm³/mol. The molecule has 1 aromatic carbocycles.